The first kappa shape index (κ1) is 26.9. The van der Waals surface area contributed by atoms with E-state index in [2.05, 4.69) is 6.92 Å². The van der Waals surface area contributed by atoms with E-state index in [0.29, 0.717) is 6.42 Å². The van der Waals surface area contributed by atoms with Crippen LogP contribution in [0.25, 0.3) is 0 Å². The van der Waals surface area contributed by atoms with Gasteiger partial charge in [0.2, 0.25) is 0 Å². The molecule has 0 unspecified atom stereocenters. The fourth-order valence-corrected chi connectivity index (χ4v) is 4.30. The van der Waals surface area contributed by atoms with E-state index in [1.165, 1.54) is 49.9 Å². The molecular formula is C24H38O8. The zero-order chi connectivity index (χ0) is 23.8. The Balaban J connectivity index is 2.02. The lowest BCUT2D eigenvalue weighted by atomic mass is 9.73. The number of ether oxygens (including phenoxy) is 1. The molecule has 8 nitrogen and oxygen atoms in total. The minimum atomic E-state index is -3.41. The topological polar surface area (TPSA) is 148 Å². The number of aliphatic hydroxyl groups is 6. The van der Waals surface area contributed by atoms with Crippen LogP contribution in [0.1, 0.15) is 76.7 Å². The van der Waals surface area contributed by atoms with Gasteiger partial charge in [0.1, 0.15) is 6.10 Å². The van der Waals surface area contributed by atoms with E-state index in [9.17, 15) is 35.4 Å². The summed E-state index contributed by atoms with van der Waals surface area (Å²) in [6, 6.07) is 7.29. The number of rotatable bonds is 13. The Hall–Kier alpha value is -1.39. The van der Waals surface area contributed by atoms with E-state index < -0.39 is 41.8 Å². The Kier molecular flexibility index (Phi) is 9.78. The van der Waals surface area contributed by atoms with Gasteiger partial charge in [-0.1, -0.05) is 88.6 Å². The van der Waals surface area contributed by atoms with Crippen molar-refractivity contribution in [2.75, 3.05) is 6.61 Å². The van der Waals surface area contributed by atoms with E-state index >= 15 is 0 Å². The lowest BCUT2D eigenvalue weighted by Gasteiger charge is -2.54. The molecule has 0 radical (unpaired) electrons. The highest BCUT2D eigenvalue weighted by molar-refractivity contribution is 5.89. The van der Waals surface area contributed by atoms with Gasteiger partial charge in [-0.3, -0.25) is 4.79 Å². The van der Waals surface area contributed by atoms with Crippen molar-refractivity contribution >= 4 is 5.78 Å². The number of hydrogen-bond donors (Lipinski definition) is 6. The summed E-state index contributed by atoms with van der Waals surface area (Å²) >= 11 is 0. The molecule has 1 fully saturated rings. The second-order valence-corrected chi connectivity index (χ2v) is 8.75. The van der Waals surface area contributed by atoms with Gasteiger partial charge < -0.3 is 35.4 Å². The lowest BCUT2D eigenvalue weighted by molar-refractivity contribution is -0.466. The SMILES string of the molecule is CCCCCCCCCCCC(=O)[C@]1(O)[C@H](O)C(O)(O)[C@@](O)(c2ccccc2)O[C@@H]1CO. The fourth-order valence-electron chi connectivity index (χ4n) is 4.30. The standard InChI is InChI=1S/C24H38O8/c1-2-3-4-5-6-7-8-9-13-16-19(26)22(28)20(17-25)32-24(31,23(29,30)21(22)27)18-14-11-10-12-15-18/h10-12,14-15,20-21,25,27-31H,2-9,13,16-17H2,1H3/t20-,21+,22-,24-/m1/s1. The van der Waals surface area contributed by atoms with Crippen molar-refractivity contribution < 1.29 is 40.2 Å². The van der Waals surface area contributed by atoms with E-state index in [1.807, 2.05) is 0 Å². The van der Waals surface area contributed by atoms with Crippen molar-refractivity contribution in [2.24, 2.45) is 0 Å². The number of aliphatic hydroxyl groups excluding tert-OH is 2. The van der Waals surface area contributed by atoms with Gasteiger partial charge in [-0.2, -0.15) is 0 Å². The molecule has 2 rings (SSSR count). The maximum atomic E-state index is 12.8. The van der Waals surface area contributed by atoms with E-state index in [1.54, 1.807) is 6.07 Å². The van der Waals surface area contributed by atoms with Crippen LogP contribution < -0.4 is 0 Å². The minimum absolute atomic E-state index is 0.115. The molecule has 0 spiro atoms. The number of hydrogen-bond acceptors (Lipinski definition) is 8. The third-order valence-electron chi connectivity index (χ3n) is 6.39. The van der Waals surface area contributed by atoms with Crippen molar-refractivity contribution in [3.8, 4) is 0 Å². The molecule has 8 heteroatoms. The van der Waals surface area contributed by atoms with Crippen LogP contribution in [-0.4, -0.2) is 66.6 Å². The number of benzene rings is 1. The molecule has 0 bridgehead atoms. The van der Waals surface area contributed by atoms with Crippen LogP contribution in [0.15, 0.2) is 30.3 Å². The van der Waals surface area contributed by atoms with Crippen molar-refractivity contribution in [3.05, 3.63) is 35.9 Å². The molecule has 6 N–H and O–H groups in total. The predicted octanol–water partition coefficient (Wildman–Crippen LogP) is 1.49. The molecule has 0 saturated carbocycles. The highest BCUT2D eigenvalue weighted by Gasteiger charge is 2.71. The van der Waals surface area contributed by atoms with Crippen LogP contribution >= 0.6 is 0 Å². The van der Waals surface area contributed by atoms with Crippen LogP contribution in [0.2, 0.25) is 0 Å². The van der Waals surface area contributed by atoms with Crippen LogP contribution in [0.5, 0.6) is 0 Å². The Labute approximate surface area is 189 Å². The van der Waals surface area contributed by atoms with Crippen molar-refractivity contribution in [3.63, 3.8) is 0 Å². The first-order valence-corrected chi connectivity index (χ1v) is 11.6. The van der Waals surface area contributed by atoms with Gasteiger partial charge >= 0.3 is 0 Å². The lowest BCUT2D eigenvalue weighted by Crippen LogP contribution is -2.78. The quantitative estimate of drug-likeness (QED) is 0.194. The minimum Gasteiger partial charge on any atom is -0.394 e. The molecule has 1 aromatic rings. The summed E-state index contributed by atoms with van der Waals surface area (Å²) in [5.74, 6) is -7.16. The van der Waals surface area contributed by atoms with Gasteiger partial charge in [0.15, 0.2) is 17.5 Å². The summed E-state index contributed by atoms with van der Waals surface area (Å²) in [6.07, 6.45) is 4.72. The van der Waals surface area contributed by atoms with E-state index in [0.717, 1.165) is 25.7 Å². The zero-order valence-corrected chi connectivity index (χ0v) is 18.8. The zero-order valence-electron chi connectivity index (χ0n) is 18.8. The van der Waals surface area contributed by atoms with Crippen LogP contribution in [0.4, 0.5) is 0 Å². The molecule has 4 atom stereocenters. The molecule has 1 aromatic carbocycles. The number of unbranched alkanes of at least 4 members (excludes halogenated alkanes) is 8. The smallest absolute Gasteiger partial charge is 0.253 e. The van der Waals surface area contributed by atoms with E-state index in [4.69, 9.17) is 4.74 Å². The van der Waals surface area contributed by atoms with Gasteiger partial charge in [-0.05, 0) is 6.42 Å². The maximum absolute atomic E-state index is 12.8. The summed E-state index contributed by atoms with van der Waals surface area (Å²) < 4.78 is 5.30. The Morgan fingerprint density at radius 2 is 1.44 bits per heavy atom. The number of Topliss-reactive ketones (excluding diaryl/α,β-unsaturated/α-hetero) is 1. The predicted molar refractivity (Wildman–Crippen MR) is 117 cm³/mol. The third kappa shape index (κ3) is 5.39. The second kappa shape index (κ2) is 11.7. The van der Waals surface area contributed by atoms with Crippen LogP contribution in [0.3, 0.4) is 0 Å². The van der Waals surface area contributed by atoms with Gasteiger partial charge in [0.25, 0.3) is 11.6 Å². The first-order chi connectivity index (χ1) is 15.2. The first-order valence-electron chi connectivity index (χ1n) is 11.6. The Morgan fingerprint density at radius 3 is 1.97 bits per heavy atom. The molecule has 1 aliphatic rings. The number of carbonyl (C=O) groups excluding carboxylic acids is 1. The molecule has 1 saturated heterocycles. The van der Waals surface area contributed by atoms with E-state index in [-0.39, 0.29) is 12.0 Å². The highest BCUT2D eigenvalue weighted by atomic mass is 16.7. The van der Waals surface area contributed by atoms with Gasteiger partial charge in [-0.15, -0.1) is 0 Å². The van der Waals surface area contributed by atoms with Crippen LogP contribution in [0, 0.1) is 0 Å². The molecule has 0 amide bonds. The molecular weight excluding hydrogens is 416 g/mol. The van der Waals surface area contributed by atoms with Gasteiger partial charge in [-0.25, -0.2) is 0 Å². The molecule has 182 valence electrons. The largest absolute Gasteiger partial charge is 0.394 e. The molecule has 1 aliphatic heterocycles. The second-order valence-electron chi connectivity index (χ2n) is 8.75. The number of ketones is 1. The average Bonchev–Trinajstić information content (AvgIpc) is 2.79. The van der Waals surface area contributed by atoms with Crippen molar-refractivity contribution in [1.29, 1.82) is 0 Å². The third-order valence-corrected chi connectivity index (χ3v) is 6.39. The molecule has 32 heavy (non-hydrogen) atoms. The van der Waals surface area contributed by atoms with Crippen molar-refractivity contribution in [1.82, 2.24) is 0 Å². The Bertz CT molecular complexity index is 709. The number of carbonyl (C=O) groups is 1. The summed E-state index contributed by atoms with van der Waals surface area (Å²) in [6.45, 7) is 1.24. The summed E-state index contributed by atoms with van der Waals surface area (Å²) in [7, 11) is 0. The molecule has 0 aromatic heterocycles. The van der Waals surface area contributed by atoms with Gasteiger partial charge in [0.05, 0.1) is 6.61 Å². The van der Waals surface area contributed by atoms with Crippen LogP contribution in [-0.2, 0) is 15.3 Å². The molecule has 0 aliphatic carbocycles. The average molecular weight is 455 g/mol. The maximum Gasteiger partial charge on any atom is 0.253 e. The van der Waals surface area contributed by atoms with Gasteiger partial charge in [0, 0.05) is 12.0 Å². The summed E-state index contributed by atoms with van der Waals surface area (Å²) in [4.78, 5) is 12.8. The summed E-state index contributed by atoms with van der Waals surface area (Å²) in [5.41, 5.74) is -2.91. The Morgan fingerprint density at radius 1 is 0.906 bits per heavy atom. The highest BCUT2D eigenvalue weighted by Crippen LogP contribution is 2.46. The fraction of sp³-hybridized carbons (Fsp3) is 0.708. The normalized spacial score (nSPS) is 29.7. The molecule has 1 heterocycles. The monoisotopic (exact) mass is 454 g/mol. The van der Waals surface area contributed by atoms with Crippen molar-refractivity contribution in [2.45, 2.75) is 101 Å². The summed E-state index contributed by atoms with van der Waals surface area (Å²) in [5, 5.41) is 63.4.